The van der Waals surface area contributed by atoms with Gasteiger partial charge in [-0.15, -0.1) is 0 Å². The summed E-state index contributed by atoms with van der Waals surface area (Å²) in [6.07, 6.45) is 4.93. The Morgan fingerprint density at radius 3 is 1.92 bits per heavy atom. The highest BCUT2D eigenvalue weighted by molar-refractivity contribution is 7.00. The molecule has 8 aromatic rings. The number of hydrogen-bond donors (Lipinski definition) is 0. The van der Waals surface area contributed by atoms with E-state index in [-0.39, 0.29) is 28.5 Å². The molecule has 1 saturated carbocycles. The van der Waals surface area contributed by atoms with Gasteiger partial charge >= 0.3 is 0 Å². The third-order valence-corrected chi connectivity index (χ3v) is 15.9. The van der Waals surface area contributed by atoms with E-state index in [1.165, 1.54) is 87.1 Å². The molecule has 2 atom stereocenters. The minimum Gasteiger partial charge on any atom is -0.456 e. The van der Waals surface area contributed by atoms with Gasteiger partial charge in [0.1, 0.15) is 11.2 Å². The Labute approximate surface area is 379 Å². The fourth-order valence-electron chi connectivity index (χ4n) is 12.3. The number of rotatable bonds is 4. The van der Waals surface area contributed by atoms with Crippen molar-refractivity contribution in [2.75, 3.05) is 14.7 Å². The van der Waals surface area contributed by atoms with Crippen molar-refractivity contribution < 1.29 is 4.42 Å². The highest BCUT2D eigenvalue weighted by Gasteiger charge is 2.61. The number of anilines is 8. The first kappa shape index (κ1) is 39.4. The molecule has 2 unspecified atom stereocenters. The molecule has 7 aromatic carbocycles. The van der Waals surface area contributed by atoms with Gasteiger partial charge in [0.25, 0.3) is 6.71 Å². The van der Waals surface area contributed by atoms with Crippen molar-refractivity contribution in [2.24, 2.45) is 0 Å². The van der Waals surface area contributed by atoms with Gasteiger partial charge in [0.05, 0.1) is 5.54 Å². The van der Waals surface area contributed by atoms with E-state index in [1.54, 1.807) is 0 Å². The Balaban J connectivity index is 1.13. The van der Waals surface area contributed by atoms with Gasteiger partial charge in [-0.2, -0.15) is 0 Å². The van der Waals surface area contributed by atoms with Crippen LogP contribution in [0.3, 0.4) is 0 Å². The SMILES string of the molecule is Cc1cc2c3c(c1)N1c4c(cccc4C4(C)CCCCC14C)B3c1ccc(N(c3ccc(C(C)(C)C)cc3)c3ccc(C(C)(C)C)cc3)cc1N2c1ccc2oc3ccccc3c2c1. The largest absolute Gasteiger partial charge is 0.456 e. The monoisotopic (exact) mass is 835 g/mol. The van der Waals surface area contributed by atoms with Crippen LogP contribution in [-0.4, -0.2) is 12.3 Å². The molecule has 5 heteroatoms. The van der Waals surface area contributed by atoms with Crippen LogP contribution in [0.2, 0.25) is 0 Å². The molecule has 12 rings (SSSR count). The van der Waals surface area contributed by atoms with Gasteiger partial charge < -0.3 is 19.1 Å². The minimum absolute atomic E-state index is 0.0224. The Kier molecular flexibility index (Phi) is 8.26. The summed E-state index contributed by atoms with van der Waals surface area (Å²) in [4.78, 5) is 7.86. The summed E-state index contributed by atoms with van der Waals surface area (Å²) in [5.74, 6) is 0. The Bertz CT molecular complexity index is 3150. The highest BCUT2D eigenvalue weighted by Crippen LogP contribution is 2.62. The molecular formula is C59H58BN3O. The molecule has 0 spiro atoms. The topological polar surface area (TPSA) is 22.9 Å². The van der Waals surface area contributed by atoms with Crippen LogP contribution in [0.1, 0.15) is 103 Å². The number of aryl methyl sites for hydroxylation is 1. The molecule has 3 aliphatic heterocycles. The molecule has 0 N–H and O–H groups in total. The van der Waals surface area contributed by atoms with Crippen molar-refractivity contribution in [3.8, 4) is 0 Å². The number of para-hydroxylation sites is 2. The maximum atomic E-state index is 6.44. The normalized spacial score (nSPS) is 19.7. The molecule has 1 aromatic heterocycles. The molecule has 1 fully saturated rings. The molecule has 0 bridgehead atoms. The average molecular weight is 836 g/mol. The molecule has 0 radical (unpaired) electrons. The van der Waals surface area contributed by atoms with Crippen molar-refractivity contribution in [3.05, 3.63) is 162 Å². The van der Waals surface area contributed by atoms with Gasteiger partial charge in [-0.25, -0.2) is 0 Å². The molecule has 4 aliphatic rings. The van der Waals surface area contributed by atoms with E-state index in [0.717, 1.165) is 44.7 Å². The zero-order valence-corrected chi connectivity index (χ0v) is 38.9. The van der Waals surface area contributed by atoms with E-state index in [1.807, 2.05) is 0 Å². The van der Waals surface area contributed by atoms with Crippen LogP contribution in [-0.2, 0) is 16.2 Å². The smallest absolute Gasteiger partial charge is 0.252 e. The van der Waals surface area contributed by atoms with Crippen LogP contribution in [0.5, 0.6) is 0 Å². The summed E-state index contributed by atoms with van der Waals surface area (Å²) >= 11 is 0. The summed E-state index contributed by atoms with van der Waals surface area (Å²) < 4.78 is 6.44. The number of hydrogen-bond acceptors (Lipinski definition) is 4. The predicted octanol–water partition coefficient (Wildman–Crippen LogP) is 14.3. The lowest BCUT2D eigenvalue weighted by atomic mass is 9.33. The summed E-state index contributed by atoms with van der Waals surface area (Å²) in [5.41, 5.74) is 21.5. The van der Waals surface area contributed by atoms with Crippen LogP contribution < -0.4 is 31.1 Å². The third kappa shape index (κ3) is 5.49. The van der Waals surface area contributed by atoms with E-state index in [2.05, 4.69) is 217 Å². The standard InChI is InChI=1S/C59H58BN3O/c1-37-33-50-54-51(34-37)63-55-46(58(8)31-12-13-32-59(58,63)9)16-14-17-48(55)60(54)47-29-27-43(36-49(47)62(50)42-28-30-53-45(35-42)44-15-10-11-18-52(44)64-53)61(40-23-19-38(20-24-40)56(2,3)4)41-25-21-39(22-26-41)57(5,6)7/h10-11,14-30,33-36H,12-13,31-32H2,1-9H3. The second-order valence-corrected chi connectivity index (χ2v) is 21.8. The first-order chi connectivity index (χ1) is 30.6. The second kappa shape index (κ2) is 13.4. The van der Waals surface area contributed by atoms with Crippen LogP contribution in [0, 0.1) is 6.92 Å². The molecule has 4 nitrogen and oxygen atoms in total. The molecule has 64 heavy (non-hydrogen) atoms. The van der Waals surface area contributed by atoms with Crippen LogP contribution >= 0.6 is 0 Å². The number of nitrogens with zero attached hydrogens (tertiary/aromatic N) is 3. The second-order valence-electron chi connectivity index (χ2n) is 21.8. The van der Waals surface area contributed by atoms with Gasteiger partial charge in [-0.05, 0) is 149 Å². The van der Waals surface area contributed by atoms with E-state index in [4.69, 9.17) is 4.42 Å². The van der Waals surface area contributed by atoms with Crippen molar-refractivity contribution in [3.63, 3.8) is 0 Å². The van der Waals surface area contributed by atoms with Crippen LogP contribution in [0.4, 0.5) is 45.5 Å². The van der Waals surface area contributed by atoms with Crippen molar-refractivity contribution in [2.45, 2.75) is 110 Å². The zero-order chi connectivity index (χ0) is 44.1. The quantitative estimate of drug-likeness (QED) is 0.165. The van der Waals surface area contributed by atoms with Gasteiger partial charge in [-0.3, -0.25) is 0 Å². The lowest BCUT2D eigenvalue weighted by molar-refractivity contribution is 0.195. The zero-order valence-electron chi connectivity index (χ0n) is 38.9. The lowest BCUT2D eigenvalue weighted by Crippen LogP contribution is -2.64. The number of benzene rings is 7. The fourth-order valence-corrected chi connectivity index (χ4v) is 12.3. The first-order valence-corrected chi connectivity index (χ1v) is 23.6. The highest BCUT2D eigenvalue weighted by atomic mass is 16.3. The predicted molar refractivity (Wildman–Crippen MR) is 273 cm³/mol. The molecule has 0 saturated heterocycles. The number of furan rings is 1. The third-order valence-electron chi connectivity index (χ3n) is 15.9. The molecular weight excluding hydrogens is 777 g/mol. The fraction of sp³-hybridized carbons (Fsp3) is 0.288. The van der Waals surface area contributed by atoms with Crippen LogP contribution in [0.15, 0.2) is 144 Å². The van der Waals surface area contributed by atoms with Crippen molar-refractivity contribution >= 4 is 90.5 Å². The van der Waals surface area contributed by atoms with Crippen molar-refractivity contribution in [1.29, 1.82) is 0 Å². The van der Waals surface area contributed by atoms with Gasteiger partial charge in [0, 0.05) is 61.7 Å². The van der Waals surface area contributed by atoms with E-state index in [9.17, 15) is 0 Å². The summed E-state index contributed by atoms with van der Waals surface area (Å²) in [6, 6.07) is 53.3. The molecule has 4 heterocycles. The molecule has 318 valence electrons. The minimum atomic E-state index is -0.0224. The summed E-state index contributed by atoms with van der Waals surface area (Å²) in [5, 5.41) is 2.27. The van der Waals surface area contributed by atoms with Crippen LogP contribution in [0.25, 0.3) is 21.9 Å². The summed E-state index contributed by atoms with van der Waals surface area (Å²) in [7, 11) is 0. The van der Waals surface area contributed by atoms with E-state index < -0.39 is 0 Å². The Morgan fingerprint density at radius 2 is 1.22 bits per heavy atom. The maximum Gasteiger partial charge on any atom is 0.252 e. The van der Waals surface area contributed by atoms with E-state index in [0.29, 0.717) is 0 Å². The Hall–Kier alpha value is -6.20. The first-order valence-electron chi connectivity index (χ1n) is 23.6. The van der Waals surface area contributed by atoms with Gasteiger partial charge in [0.15, 0.2) is 0 Å². The maximum absolute atomic E-state index is 6.44. The Morgan fingerprint density at radius 1 is 0.578 bits per heavy atom. The molecule has 1 aliphatic carbocycles. The van der Waals surface area contributed by atoms with Gasteiger partial charge in [-0.1, -0.05) is 128 Å². The number of fused-ring (bicyclic) bond motifs is 10. The van der Waals surface area contributed by atoms with E-state index >= 15 is 0 Å². The van der Waals surface area contributed by atoms with Crippen molar-refractivity contribution in [1.82, 2.24) is 0 Å². The lowest BCUT2D eigenvalue weighted by Gasteiger charge is -2.52. The molecule has 0 amide bonds. The van der Waals surface area contributed by atoms with Gasteiger partial charge in [0.2, 0.25) is 0 Å². The average Bonchev–Trinajstić information content (AvgIpc) is 3.74. The summed E-state index contributed by atoms with van der Waals surface area (Å²) in [6.45, 7) is 21.3.